The Hall–Kier alpha value is -2.09. The van der Waals surface area contributed by atoms with Crippen LogP contribution in [-0.2, 0) is 14.3 Å². The predicted molar refractivity (Wildman–Crippen MR) is 79.1 cm³/mol. The van der Waals surface area contributed by atoms with Crippen LogP contribution >= 0.6 is 15.9 Å². The van der Waals surface area contributed by atoms with Crippen molar-refractivity contribution in [1.82, 2.24) is 5.32 Å². The molecular formula is C13H15BrN2O5. The Morgan fingerprint density at radius 1 is 1.38 bits per heavy atom. The van der Waals surface area contributed by atoms with Gasteiger partial charge in [0.2, 0.25) is 0 Å². The Kier molecular flexibility index (Phi) is 6.16. The van der Waals surface area contributed by atoms with Gasteiger partial charge in [-0.3, -0.25) is 4.79 Å². The number of nitrogens with one attached hydrogen (secondary N) is 2. The van der Waals surface area contributed by atoms with E-state index in [0.717, 1.165) is 17.1 Å². The summed E-state index contributed by atoms with van der Waals surface area (Å²) in [7, 11) is 1.15. The van der Waals surface area contributed by atoms with Crippen LogP contribution in [0.2, 0.25) is 0 Å². The molecule has 0 aliphatic carbocycles. The number of halogens is 1. The van der Waals surface area contributed by atoms with Crippen molar-refractivity contribution in [3.63, 3.8) is 0 Å². The fourth-order valence-electron chi connectivity index (χ4n) is 1.53. The largest absolute Gasteiger partial charge is 0.480 e. The van der Waals surface area contributed by atoms with Gasteiger partial charge in [-0.05, 0) is 30.7 Å². The second-order valence-corrected chi connectivity index (χ2v) is 5.14. The minimum atomic E-state index is -1.35. The smallest absolute Gasteiger partial charge is 0.326 e. The zero-order valence-electron chi connectivity index (χ0n) is 11.5. The fourth-order valence-corrected chi connectivity index (χ4v) is 2.01. The van der Waals surface area contributed by atoms with Gasteiger partial charge in [0.25, 0.3) is 0 Å². The van der Waals surface area contributed by atoms with Crippen LogP contribution < -0.4 is 10.6 Å². The maximum Gasteiger partial charge on any atom is 0.326 e. The number of amides is 2. The number of benzene rings is 1. The Balaban J connectivity index is 2.69. The highest BCUT2D eigenvalue weighted by Gasteiger charge is 2.23. The molecule has 0 unspecified atom stereocenters. The molecule has 0 saturated heterocycles. The molecule has 0 bridgehead atoms. The number of hydrogen-bond acceptors (Lipinski definition) is 4. The number of ether oxygens (including phenoxy) is 1. The highest BCUT2D eigenvalue weighted by molar-refractivity contribution is 9.10. The van der Waals surface area contributed by atoms with Crippen molar-refractivity contribution < 1.29 is 24.2 Å². The zero-order valence-corrected chi connectivity index (χ0v) is 13.1. The van der Waals surface area contributed by atoms with Gasteiger partial charge in [-0.1, -0.05) is 15.9 Å². The molecule has 1 rings (SSSR count). The van der Waals surface area contributed by atoms with E-state index in [1.54, 1.807) is 25.1 Å². The molecule has 0 aliphatic rings. The predicted octanol–water partition coefficient (Wildman–Crippen LogP) is 1.90. The number of hydrogen-bond donors (Lipinski definition) is 3. The van der Waals surface area contributed by atoms with E-state index in [1.165, 1.54) is 0 Å². The number of carboxylic acids is 1. The number of carboxylic acid groups (broad SMARTS) is 1. The second kappa shape index (κ2) is 7.63. The SMILES string of the molecule is COC(=O)C[C@H](NC(=O)Nc1ccc(Br)cc1C)C(=O)O. The number of carbonyl (C=O) groups is 3. The molecular weight excluding hydrogens is 344 g/mol. The monoisotopic (exact) mass is 358 g/mol. The molecule has 21 heavy (non-hydrogen) atoms. The topological polar surface area (TPSA) is 105 Å². The number of aliphatic carboxylic acids is 1. The molecule has 0 aliphatic heterocycles. The van der Waals surface area contributed by atoms with E-state index in [4.69, 9.17) is 5.11 Å². The van der Waals surface area contributed by atoms with Crippen LogP contribution in [0.25, 0.3) is 0 Å². The molecule has 7 nitrogen and oxygen atoms in total. The molecule has 3 N–H and O–H groups in total. The lowest BCUT2D eigenvalue weighted by Crippen LogP contribution is -2.44. The lowest BCUT2D eigenvalue weighted by Gasteiger charge is -2.15. The van der Waals surface area contributed by atoms with Crippen molar-refractivity contribution in [3.05, 3.63) is 28.2 Å². The molecule has 114 valence electrons. The first kappa shape index (κ1) is 17.0. The fraction of sp³-hybridized carbons (Fsp3) is 0.308. The average Bonchev–Trinajstić information content (AvgIpc) is 2.40. The van der Waals surface area contributed by atoms with Crippen molar-refractivity contribution in [3.8, 4) is 0 Å². The van der Waals surface area contributed by atoms with Gasteiger partial charge < -0.3 is 20.5 Å². The normalized spacial score (nSPS) is 11.4. The summed E-state index contributed by atoms with van der Waals surface area (Å²) in [5.41, 5.74) is 1.34. The maximum atomic E-state index is 11.8. The van der Waals surface area contributed by atoms with Gasteiger partial charge >= 0.3 is 18.0 Å². The Morgan fingerprint density at radius 3 is 2.57 bits per heavy atom. The third-order valence-electron chi connectivity index (χ3n) is 2.64. The summed E-state index contributed by atoms with van der Waals surface area (Å²) >= 11 is 3.30. The first-order valence-electron chi connectivity index (χ1n) is 5.96. The molecule has 0 fully saturated rings. The van der Waals surface area contributed by atoms with Crippen molar-refractivity contribution in [2.75, 3.05) is 12.4 Å². The van der Waals surface area contributed by atoms with Crippen molar-refractivity contribution >= 4 is 39.6 Å². The molecule has 0 heterocycles. The van der Waals surface area contributed by atoms with Gasteiger partial charge in [0, 0.05) is 10.2 Å². The molecule has 0 aromatic heterocycles. The van der Waals surface area contributed by atoms with Crippen molar-refractivity contribution in [1.29, 1.82) is 0 Å². The summed E-state index contributed by atoms with van der Waals surface area (Å²) < 4.78 is 5.24. The molecule has 1 aromatic carbocycles. The van der Waals surface area contributed by atoms with E-state index in [-0.39, 0.29) is 0 Å². The Morgan fingerprint density at radius 2 is 2.05 bits per heavy atom. The second-order valence-electron chi connectivity index (χ2n) is 4.23. The van der Waals surface area contributed by atoms with Crippen LogP contribution in [0.15, 0.2) is 22.7 Å². The molecule has 1 atom stereocenters. The van der Waals surface area contributed by atoms with Crippen molar-refractivity contribution in [2.24, 2.45) is 0 Å². The zero-order chi connectivity index (χ0) is 16.0. The summed E-state index contributed by atoms with van der Waals surface area (Å²) in [6, 6.07) is 3.16. The molecule has 1 aromatic rings. The van der Waals surface area contributed by atoms with Crippen LogP contribution in [0.3, 0.4) is 0 Å². The van der Waals surface area contributed by atoms with Crippen LogP contribution in [-0.4, -0.2) is 36.2 Å². The molecule has 0 radical (unpaired) electrons. The molecule has 2 amide bonds. The number of methoxy groups -OCH3 is 1. The maximum absolute atomic E-state index is 11.8. The van der Waals surface area contributed by atoms with Gasteiger partial charge in [0.15, 0.2) is 0 Å². The van der Waals surface area contributed by atoms with Gasteiger partial charge in [-0.2, -0.15) is 0 Å². The van der Waals surface area contributed by atoms with Crippen LogP contribution in [0.5, 0.6) is 0 Å². The number of urea groups is 1. The first-order valence-corrected chi connectivity index (χ1v) is 6.76. The van der Waals surface area contributed by atoms with Crippen LogP contribution in [0.4, 0.5) is 10.5 Å². The quantitative estimate of drug-likeness (QED) is 0.697. The Bertz CT molecular complexity index is 561. The average molecular weight is 359 g/mol. The van der Waals surface area contributed by atoms with Crippen molar-refractivity contribution in [2.45, 2.75) is 19.4 Å². The number of aryl methyl sites for hydroxylation is 1. The highest BCUT2D eigenvalue weighted by atomic mass is 79.9. The van der Waals surface area contributed by atoms with Crippen LogP contribution in [0.1, 0.15) is 12.0 Å². The van der Waals surface area contributed by atoms with Gasteiger partial charge in [-0.25, -0.2) is 9.59 Å². The standard InChI is InChI=1S/C13H15BrN2O5/c1-7-5-8(14)3-4-9(7)15-13(20)16-10(12(18)19)6-11(17)21-2/h3-5,10H,6H2,1-2H3,(H,18,19)(H2,15,16,20)/t10-/m0/s1. The number of esters is 1. The summed E-state index contributed by atoms with van der Waals surface area (Å²) in [6.07, 6.45) is -0.446. The van der Waals surface area contributed by atoms with E-state index in [9.17, 15) is 14.4 Å². The third kappa shape index (κ3) is 5.42. The minimum Gasteiger partial charge on any atom is -0.480 e. The van der Waals surface area contributed by atoms with Gasteiger partial charge in [0.05, 0.1) is 13.5 Å². The number of anilines is 1. The summed E-state index contributed by atoms with van der Waals surface area (Å²) in [5, 5.41) is 13.7. The highest BCUT2D eigenvalue weighted by Crippen LogP contribution is 2.19. The lowest BCUT2D eigenvalue weighted by molar-refractivity contribution is -0.147. The van der Waals surface area contributed by atoms with Gasteiger partial charge in [-0.15, -0.1) is 0 Å². The molecule has 8 heteroatoms. The minimum absolute atomic E-state index is 0.446. The van der Waals surface area contributed by atoms with E-state index in [2.05, 4.69) is 31.3 Å². The summed E-state index contributed by atoms with van der Waals surface area (Å²) in [5.74, 6) is -2.04. The van der Waals surface area contributed by atoms with E-state index < -0.39 is 30.4 Å². The number of carbonyl (C=O) groups excluding carboxylic acids is 2. The Labute approximate surface area is 129 Å². The van der Waals surface area contributed by atoms with E-state index >= 15 is 0 Å². The van der Waals surface area contributed by atoms with Gasteiger partial charge in [0.1, 0.15) is 6.04 Å². The summed E-state index contributed by atoms with van der Waals surface area (Å²) in [4.78, 5) is 33.9. The van der Waals surface area contributed by atoms with E-state index in [1.807, 2.05) is 0 Å². The molecule has 0 saturated carbocycles. The van der Waals surface area contributed by atoms with E-state index in [0.29, 0.717) is 5.69 Å². The lowest BCUT2D eigenvalue weighted by atomic mass is 10.2. The summed E-state index contributed by atoms with van der Waals surface area (Å²) in [6.45, 7) is 1.80. The molecule has 0 spiro atoms. The number of rotatable bonds is 5. The first-order chi connectivity index (χ1) is 9.83. The third-order valence-corrected chi connectivity index (χ3v) is 3.13. The van der Waals surface area contributed by atoms with Crippen LogP contribution in [0, 0.1) is 6.92 Å².